The second-order valence-corrected chi connectivity index (χ2v) is 9.13. The Hall–Kier alpha value is -3.01. The summed E-state index contributed by atoms with van der Waals surface area (Å²) in [7, 11) is -4.34. The molecule has 4 N–H and O–H groups in total. The van der Waals surface area contributed by atoms with Gasteiger partial charge in [-0.3, -0.25) is 14.1 Å². The van der Waals surface area contributed by atoms with E-state index in [1.54, 1.807) is 37.3 Å². The van der Waals surface area contributed by atoms with Crippen molar-refractivity contribution < 1.29 is 22.6 Å². The van der Waals surface area contributed by atoms with Crippen LogP contribution in [0.1, 0.15) is 37.4 Å². The SMILES string of the molecule is Cc1cc(S(=O)(=O)O)ccc1Nc1cc(Br)c(N)c2c1C(=O)c1ccccc1C2=O. The van der Waals surface area contributed by atoms with E-state index < -0.39 is 10.1 Å². The fourth-order valence-electron chi connectivity index (χ4n) is 3.47. The van der Waals surface area contributed by atoms with Crippen molar-refractivity contribution in [2.45, 2.75) is 11.8 Å². The first kappa shape index (κ1) is 20.3. The van der Waals surface area contributed by atoms with E-state index in [1.807, 2.05) is 0 Å². The first-order chi connectivity index (χ1) is 14.1. The molecular weight excluding hydrogens is 472 g/mol. The van der Waals surface area contributed by atoms with Crippen LogP contribution in [0.4, 0.5) is 17.1 Å². The van der Waals surface area contributed by atoms with Crippen LogP contribution in [0.2, 0.25) is 0 Å². The maximum Gasteiger partial charge on any atom is 0.294 e. The van der Waals surface area contributed by atoms with Gasteiger partial charge in [0.05, 0.1) is 27.4 Å². The number of aryl methyl sites for hydroxylation is 1. The standard InChI is InChI=1S/C21H15BrN2O5S/c1-10-8-11(30(27,28)29)6-7-15(10)24-16-9-14(22)19(23)18-17(16)20(25)12-4-2-3-5-13(12)21(18)26/h2-9,24H,23H2,1H3,(H,27,28,29). The van der Waals surface area contributed by atoms with Crippen LogP contribution in [0.3, 0.4) is 0 Å². The molecule has 0 heterocycles. The molecule has 0 fully saturated rings. The second kappa shape index (κ2) is 7.05. The molecule has 0 saturated heterocycles. The zero-order valence-corrected chi connectivity index (χ0v) is 18.0. The minimum absolute atomic E-state index is 0.114. The van der Waals surface area contributed by atoms with E-state index in [0.29, 0.717) is 32.5 Å². The van der Waals surface area contributed by atoms with Gasteiger partial charge in [0.2, 0.25) is 0 Å². The summed E-state index contributed by atoms with van der Waals surface area (Å²) in [6.07, 6.45) is 0. The highest BCUT2D eigenvalue weighted by atomic mass is 79.9. The fourth-order valence-corrected chi connectivity index (χ4v) is 4.46. The number of benzene rings is 3. The molecule has 152 valence electrons. The number of hydrogen-bond acceptors (Lipinski definition) is 6. The topological polar surface area (TPSA) is 127 Å². The molecule has 3 aromatic rings. The van der Waals surface area contributed by atoms with Gasteiger partial charge in [0.1, 0.15) is 0 Å². The molecule has 30 heavy (non-hydrogen) atoms. The Morgan fingerprint density at radius 2 is 1.53 bits per heavy atom. The third-order valence-electron chi connectivity index (χ3n) is 4.95. The van der Waals surface area contributed by atoms with Crippen molar-refractivity contribution in [3.8, 4) is 0 Å². The Balaban J connectivity index is 1.89. The van der Waals surface area contributed by atoms with Crippen LogP contribution in [0.25, 0.3) is 0 Å². The van der Waals surface area contributed by atoms with Gasteiger partial charge in [-0.15, -0.1) is 0 Å². The van der Waals surface area contributed by atoms with Crippen LogP contribution in [0, 0.1) is 6.92 Å². The Labute approximate surface area is 180 Å². The van der Waals surface area contributed by atoms with E-state index in [4.69, 9.17) is 5.73 Å². The maximum absolute atomic E-state index is 13.2. The third-order valence-corrected chi connectivity index (χ3v) is 6.46. The Morgan fingerprint density at radius 3 is 2.10 bits per heavy atom. The normalized spacial score (nSPS) is 13.0. The highest BCUT2D eigenvalue weighted by Crippen LogP contribution is 2.40. The number of nitrogens with two attached hydrogens (primary N) is 1. The number of fused-ring (bicyclic) bond motifs is 2. The van der Waals surface area contributed by atoms with Gasteiger partial charge in [0.15, 0.2) is 11.6 Å². The van der Waals surface area contributed by atoms with Gasteiger partial charge in [0.25, 0.3) is 10.1 Å². The monoisotopic (exact) mass is 486 g/mol. The molecule has 1 aliphatic carbocycles. The molecule has 0 radical (unpaired) electrons. The number of nitrogens with one attached hydrogen (secondary N) is 1. The largest absolute Gasteiger partial charge is 0.397 e. The number of anilines is 3. The van der Waals surface area contributed by atoms with Crippen LogP contribution in [0.15, 0.2) is 57.9 Å². The summed E-state index contributed by atoms with van der Waals surface area (Å²) < 4.78 is 32.4. The molecule has 9 heteroatoms. The zero-order chi connectivity index (χ0) is 21.8. The average molecular weight is 487 g/mol. The number of carbonyl (C=O) groups is 2. The van der Waals surface area contributed by atoms with Gasteiger partial charge in [-0.1, -0.05) is 24.3 Å². The van der Waals surface area contributed by atoms with E-state index in [0.717, 1.165) is 0 Å². The number of rotatable bonds is 3. The molecule has 0 aromatic heterocycles. The van der Waals surface area contributed by atoms with Gasteiger partial charge < -0.3 is 11.1 Å². The highest BCUT2D eigenvalue weighted by Gasteiger charge is 2.34. The minimum Gasteiger partial charge on any atom is -0.397 e. The lowest BCUT2D eigenvalue weighted by Crippen LogP contribution is -2.24. The summed E-state index contributed by atoms with van der Waals surface area (Å²) in [5.74, 6) is -0.686. The van der Waals surface area contributed by atoms with Gasteiger partial charge in [0, 0.05) is 21.3 Å². The predicted octanol–water partition coefficient (Wildman–Crippen LogP) is 4.11. The molecule has 7 nitrogen and oxygen atoms in total. The second-order valence-electron chi connectivity index (χ2n) is 6.85. The molecule has 4 rings (SSSR count). The number of hydrogen-bond donors (Lipinski definition) is 3. The van der Waals surface area contributed by atoms with E-state index in [2.05, 4.69) is 21.2 Å². The lowest BCUT2D eigenvalue weighted by molar-refractivity contribution is 0.0980. The van der Waals surface area contributed by atoms with Crippen LogP contribution < -0.4 is 11.1 Å². The van der Waals surface area contributed by atoms with Crippen LogP contribution >= 0.6 is 15.9 Å². The minimum atomic E-state index is -4.34. The van der Waals surface area contributed by atoms with Gasteiger partial charge in [-0.05, 0) is 52.7 Å². The molecular formula is C21H15BrN2O5S. The highest BCUT2D eigenvalue weighted by molar-refractivity contribution is 9.10. The summed E-state index contributed by atoms with van der Waals surface area (Å²) in [5, 5.41) is 3.09. The smallest absolute Gasteiger partial charge is 0.294 e. The van der Waals surface area contributed by atoms with Crippen molar-refractivity contribution in [2.24, 2.45) is 0 Å². The summed E-state index contributed by atoms with van der Waals surface area (Å²) >= 11 is 3.34. The molecule has 0 unspecified atom stereocenters. The van der Waals surface area contributed by atoms with Crippen molar-refractivity contribution in [2.75, 3.05) is 11.1 Å². The molecule has 0 saturated carbocycles. The molecule has 1 aliphatic rings. The number of ketones is 2. The number of carbonyl (C=O) groups excluding carboxylic acids is 2. The molecule has 0 bridgehead atoms. The van der Waals surface area contributed by atoms with Crippen molar-refractivity contribution in [1.82, 2.24) is 0 Å². The molecule has 0 atom stereocenters. The molecule has 0 spiro atoms. The third kappa shape index (κ3) is 3.20. The lowest BCUT2D eigenvalue weighted by Gasteiger charge is -2.23. The van der Waals surface area contributed by atoms with Gasteiger partial charge in [-0.2, -0.15) is 8.42 Å². The molecule has 0 aliphatic heterocycles. The van der Waals surface area contributed by atoms with Gasteiger partial charge >= 0.3 is 0 Å². The zero-order valence-electron chi connectivity index (χ0n) is 15.6. The Kier molecular flexibility index (Phi) is 4.76. The fraction of sp³-hybridized carbons (Fsp3) is 0.0476. The summed E-state index contributed by atoms with van der Waals surface area (Å²) in [6, 6.07) is 12.2. The van der Waals surface area contributed by atoms with E-state index >= 15 is 0 Å². The van der Waals surface area contributed by atoms with Crippen molar-refractivity contribution in [1.29, 1.82) is 0 Å². The van der Waals surface area contributed by atoms with Crippen LogP contribution in [0.5, 0.6) is 0 Å². The lowest BCUT2D eigenvalue weighted by atomic mass is 9.82. The summed E-state index contributed by atoms with van der Waals surface area (Å²) in [4.78, 5) is 26.1. The molecule has 3 aromatic carbocycles. The Morgan fingerprint density at radius 1 is 0.933 bits per heavy atom. The van der Waals surface area contributed by atoms with E-state index in [-0.39, 0.29) is 33.3 Å². The Bertz CT molecular complexity index is 1370. The van der Waals surface area contributed by atoms with E-state index in [9.17, 15) is 22.6 Å². The van der Waals surface area contributed by atoms with Crippen molar-refractivity contribution in [3.05, 3.63) is 80.8 Å². The van der Waals surface area contributed by atoms with Crippen LogP contribution in [-0.4, -0.2) is 24.5 Å². The van der Waals surface area contributed by atoms with Crippen LogP contribution in [-0.2, 0) is 10.1 Å². The van der Waals surface area contributed by atoms with E-state index in [1.165, 1.54) is 18.2 Å². The molecule has 0 amide bonds. The number of halogens is 1. The van der Waals surface area contributed by atoms with Gasteiger partial charge in [-0.25, -0.2) is 0 Å². The predicted molar refractivity (Wildman–Crippen MR) is 116 cm³/mol. The quantitative estimate of drug-likeness (QED) is 0.293. The maximum atomic E-state index is 13.2. The first-order valence-corrected chi connectivity index (χ1v) is 11.0. The summed E-state index contributed by atoms with van der Waals surface area (Å²) in [5.41, 5.74) is 8.51. The number of nitrogen functional groups attached to an aromatic ring is 1. The van der Waals surface area contributed by atoms with Crippen molar-refractivity contribution in [3.63, 3.8) is 0 Å². The first-order valence-electron chi connectivity index (χ1n) is 8.75. The summed E-state index contributed by atoms with van der Waals surface area (Å²) in [6.45, 7) is 1.65. The van der Waals surface area contributed by atoms with Crippen molar-refractivity contribution >= 4 is 54.7 Å². The average Bonchev–Trinajstić information content (AvgIpc) is 2.69.